The Labute approximate surface area is 261 Å². The lowest BCUT2D eigenvalue weighted by Crippen LogP contribution is -2.66. The normalized spacial score (nSPS) is 22.6. The van der Waals surface area contributed by atoms with Crippen LogP contribution in [0.1, 0.15) is 91.4 Å². The number of nitrogens with zero attached hydrogens (tertiary/aromatic N) is 1. The fourth-order valence-electron chi connectivity index (χ4n) is 5.87. The quantitative estimate of drug-likeness (QED) is 0.0461. The number of nitrogens with one attached hydrogen (secondary N) is 6. The molecule has 2 rings (SSSR count). The highest BCUT2D eigenvalue weighted by atomic mass is 16.2. The summed E-state index contributed by atoms with van der Waals surface area (Å²) in [5, 5.41) is 22.1. The highest BCUT2D eigenvalue weighted by Gasteiger charge is 2.43. The summed E-state index contributed by atoms with van der Waals surface area (Å²) in [6.07, 6.45) is 7.71. The van der Waals surface area contributed by atoms with Crippen LogP contribution in [0.25, 0.3) is 0 Å². The lowest BCUT2D eigenvalue weighted by molar-refractivity contribution is -0.139. The average Bonchev–Trinajstić information content (AvgIpc) is 2.98. The van der Waals surface area contributed by atoms with E-state index in [-0.39, 0.29) is 55.0 Å². The summed E-state index contributed by atoms with van der Waals surface area (Å²) in [6.45, 7) is 6.76. The molecule has 0 aliphatic carbocycles. The third kappa shape index (κ3) is 11.1. The molecule has 44 heavy (non-hydrogen) atoms. The second-order valence-corrected chi connectivity index (χ2v) is 12.1. The van der Waals surface area contributed by atoms with Crippen LogP contribution in [0.4, 0.5) is 0 Å². The summed E-state index contributed by atoms with van der Waals surface area (Å²) < 4.78 is 0. The van der Waals surface area contributed by atoms with Crippen LogP contribution in [0, 0.1) is 5.41 Å². The highest BCUT2D eigenvalue weighted by molar-refractivity contribution is 5.96. The summed E-state index contributed by atoms with van der Waals surface area (Å²) in [5.74, 6) is -1.77. The third-order valence-corrected chi connectivity index (χ3v) is 8.62. The lowest BCUT2D eigenvalue weighted by Gasteiger charge is -2.41. The first-order valence-corrected chi connectivity index (χ1v) is 16.2. The number of amides is 3. The SMILES string of the molecule is CCCC[C@@H]1NC[C@H](C(=O)CNC(CCCC)(CCCC)C(=O)CN2C[C@H](C(N)=O)NC(=O)[C@@H]2CCCNC(=N)N)NC1=O. The molecule has 2 saturated heterocycles. The zero-order chi connectivity index (χ0) is 32.7. The fourth-order valence-corrected chi connectivity index (χ4v) is 5.87. The van der Waals surface area contributed by atoms with Gasteiger partial charge in [0.15, 0.2) is 17.5 Å². The summed E-state index contributed by atoms with van der Waals surface area (Å²) in [6, 6.07) is -2.60. The van der Waals surface area contributed by atoms with Crippen LogP contribution in [0.3, 0.4) is 0 Å². The van der Waals surface area contributed by atoms with Crippen molar-refractivity contribution in [3.63, 3.8) is 0 Å². The van der Waals surface area contributed by atoms with Gasteiger partial charge in [0.05, 0.1) is 30.7 Å². The maximum atomic E-state index is 14.3. The van der Waals surface area contributed by atoms with E-state index in [1.807, 2.05) is 13.8 Å². The zero-order valence-electron chi connectivity index (χ0n) is 26.8. The molecule has 0 aromatic heterocycles. The minimum Gasteiger partial charge on any atom is -0.370 e. The van der Waals surface area contributed by atoms with Crippen LogP contribution in [0.15, 0.2) is 0 Å². The van der Waals surface area contributed by atoms with E-state index in [0.717, 1.165) is 38.5 Å². The van der Waals surface area contributed by atoms with Crippen molar-refractivity contribution in [1.29, 1.82) is 5.41 Å². The Kier molecular flexibility index (Phi) is 15.7. The van der Waals surface area contributed by atoms with Gasteiger partial charge in [-0.3, -0.25) is 39.6 Å². The fraction of sp³-hybridized carbons (Fsp3) is 0.800. The molecule has 0 aromatic rings. The molecule has 4 atom stereocenters. The van der Waals surface area contributed by atoms with Gasteiger partial charge in [0, 0.05) is 19.6 Å². The molecule has 10 N–H and O–H groups in total. The van der Waals surface area contributed by atoms with E-state index in [4.69, 9.17) is 16.9 Å². The number of carbonyl (C=O) groups excluding carboxylic acids is 5. The van der Waals surface area contributed by atoms with Gasteiger partial charge in [-0.25, -0.2) is 0 Å². The predicted molar refractivity (Wildman–Crippen MR) is 169 cm³/mol. The minimum atomic E-state index is -1.02. The van der Waals surface area contributed by atoms with Gasteiger partial charge in [-0.15, -0.1) is 0 Å². The van der Waals surface area contributed by atoms with Crippen molar-refractivity contribution < 1.29 is 24.0 Å². The lowest BCUT2D eigenvalue weighted by atomic mass is 9.82. The molecule has 0 unspecified atom stereocenters. The zero-order valence-corrected chi connectivity index (χ0v) is 26.8. The van der Waals surface area contributed by atoms with Crippen molar-refractivity contribution in [2.45, 2.75) is 121 Å². The molecule has 14 heteroatoms. The van der Waals surface area contributed by atoms with Crippen molar-refractivity contribution in [2.75, 3.05) is 32.7 Å². The number of ketones is 2. The van der Waals surface area contributed by atoms with Crippen molar-refractivity contribution in [3.05, 3.63) is 0 Å². The summed E-state index contributed by atoms with van der Waals surface area (Å²) >= 11 is 0. The van der Waals surface area contributed by atoms with E-state index in [2.05, 4.69) is 33.5 Å². The van der Waals surface area contributed by atoms with Crippen molar-refractivity contribution in [2.24, 2.45) is 11.5 Å². The molecule has 0 spiro atoms. The molecule has 0 bridgehead atoms. The number of hydrogen-bond donors (Lipinski definition) is 8. The number of guanidine groups is 1. The molecule has 0 aromatic carbocycles. The maximum Gasteiger partial charge on any atom is 0.241 e. The van der Waals surface area contributed by atoms with Crippen LogP contribution in [0.2, 0.25) is 0 Å². The Balaban J connectivity index is 2.22. The van der Waals surface area contributed by atoms with Gasteiger partial charge in [-0.1, -0.05) is 59.3 Å². The summed E-state index contributed by atoms with van der Waals surface area (Å²) in [7, 11) is 0. The van der Waals surface area contributed by atoms with E-state index in [1.54, 1.807) is 4.90 Å². The van der Waals surface area contributed by atoms with E-state index < -0.39 is 29.6 Å². The van der Waals surface area contributed by atoms with Gasteiger partial charge >= 0.3 is 0 Å². The first-order valence-electron chi connectivity index (χ1n) is 16.2. The van der Waals surface area contributed by atoms with Gasteiger partial charge < -0.3 is 32.7 Å². The molecule has 250 valence electrons. The van der Waals surface area contributed by atoms with E-state index in [0.29, 0.717) is 45.2 Å². The van der Waals surface area contributed by atoms with E-state index in [1.165, 1.54) is 0 Å². The Bertz CT molecular complexity index is 999. The monoisotopic (exact) mass is 621 g/mol. The molecule has 2 heterocycles. The molecule has 0 radical (unpaired) electrons. The maximum absolute atomic E-state index is 14.3. The molecule has 2 fully saturated rings. The number of unbranched alkanes of at least 4 members (excludes halogenated alkanes) is 3. The number of primary amides is 1. The summed E-state index contributed by atoms with van der Waals surface area (Å²) in [5.41, 5.74) is 9.89. The second-order valence-electron chi connectivity index (χ2n) is 12.1. The third-order valence-electron chi connectivity index (χ3n) is 8.62. The van der Waals surface area contributed by atoms with E-state index in [9.17, 15) is 24.0 Å². The molecule has 2 aliphatic rings. The van der Waals surface area contributed by atoms with Gasteiger partial charge in [-0.05, 0) is 32.1 Å². The summed E-state index contributed by atoms with van der Waals surface area (Å²) in [4.78, 5) is 67.0. The molecule has 14 nitrogen and oxygen atoms in total. The Hall–Kier alpha value is -3.10. The van der Waals surface area contributed by atoms with Gasteiger partial charge in [0.25, 0.3) is 0 Å². The van der Waals surface area contributed by atoms with Crippen LogP contribution >= 0.6 is 0 Å². The van der Waals surface area contributed by atoms with Gasteiger partial charge in [-0.2, -0.15) is 0 Å². The minimum absolute atomic E-state index is 0.0873. The first-order chi connectivity index (χ1) is 21.0. The van der Waals surface area contributed by atoms with Gasteiger partial charge in [0.1, 0.15) is 12.1 Å². The molecule has 0 saturated carbocycles. The van der Waals surface area contributed by atoms with Crippen molar-refractivity contribution in [3.8, 4) is 0 Å². The predicted octanol–water partition coefficient (Wildman–Crippen LogP) is -0.602. The smallest absolute Gasteiger partial charge is 0.241 e. The van der Waals surface area contributed by atoms with Crippen LogP contribution in [-0.2, 0) is 24.0 Å². The number of hydrogen-bond acceptors (Lipinski definition) is 9. The highest BCUT2D eigenvalue weighted by Crippen LogP contribution is 2.25. The number of Topliss-reactive ketones (excluding diaryl/α,β-unsaturated/α-hetero) is 2. The number of nitrogens with two attached hydrogens (primary N) is 2. The molecule has 3 amide bonds. The number of carbonyl (C=O) groups is 5. The molecule has 2 aliphatic heterocycles. The van der Waals surface area contributed by atoms with Crippen LogP contribution in [-0.4, -0.2) is 103 Å². The van der Waals surface area contributed by atoms with Crippen LogP contribution < -0.4 is 38.1 Å². The average molecular weight is 622 g/mol. The standard InChI is InChI=1S/C30H55N9O5/c1-4-7-11-20-27(43)37-21(16-35-20)24(40)17-36-30(13-8-5-2,14-9-6-3)25(41)19-39-18-22(26(31)42)38-28(44)23(39)12-10-15-34-29(32)33/h20-23,35-36H,4-19H2,1-3H3,(H2,31,42)(H,37,43)(H,38,44)(H4,32,33,34)/t20-,21+,22+,23-/m0/s1. The molecular weight excluding hydrogens is 566 g/mol. The Morgan fingerprint density at radius 3 is 2.14 bits per heavy atom. The second kappa shape index (κ2) is 18.6. The van der Waals surface area contributed by atoms with E-state index >= 15 is 0 Å². The van der Waals surface area contributed by atoms with Crippen molar-refractivity contribution >= 4 is 35.2 Å². The Morgan fingerprint density at radius 2 is 1.57 bits per heavy atom. The Morgan fingerprint density at radius 1 is 0.932 bits per heavy atom. The first kappa shape index (κ1) is 37.1. The topological polar surface area (TPSA) is 225 Å². The largest absolute Gasteiger partial charge is 0.370 e. The number of rotatable bonds is 21. The number of piperazine rings is 2. The van der Waals surface area contributed by atoms with Crippen molar-refractivity contribution in [1.82, 2.24) is 31.5 Å². The molecular formula is C30H55N9O5. The van der Waals surface area contributed by atoms with Crippen LogP contribution in [0.5, 0.6) is 0 Å². The van der Waals surface area contributed by atoms with Gasteiger partial charge in [0.2, 0.25) is 17.7 Å².